The van der Waals surface area contributed by atoms with Crippen molar-refractivity contribution in [3.05, 3.63) is 29.6 Å². The largest absolute Gasteiger partial charge is 0.481 e. The molecular formula is C14H21N3O3. The highest BCUT2D eigenvalue weighted by atomic mass is 16.4. The van der Waals surface area contributed by atoms with Gasteiger partial charge in [-0.1, -0.05) is 13.0 Å². The molecule has 6 heteroatoms. The van der Waals surface area contributed by atoms with Gasteiger partial charge >= 0.3 is 12.0 Å². The summed E-state index contributed by atoms with van der Waals surface area (Å²) in [5.41, 5.74) is 0.864. The van der Waals surface area contributed by atoms with Gasteiger partial charge < -0.3 is 15.7 Å². The number of aryl methyl sites for hydroxylation is 1. The van der Waals surface area contributed by atoms with Crippen LogP contribution in [0.3, 0.4) is 0 Å². The van der Waals surface area contributed by atoms with Gasteiger partial charge in [0.2, 0.25) is 0 Å². The van der Waals surface area contributed by atoms with Crippen LogP contribution in [-0.2, 0) is 11.3 Å². The first-order valence-electron chi connectivity index (χ1n) is 6.54. The molecule has 0 aromatic carbocycles. The number of carboxylic acid groups (broad SMARTS) is 1. The van der Waals surface area contributed by atoms with Crippen molar-refractivity contribution in [2.75, 3.05) is 6.54 Å². The molecular weight excluding hydrogens is 258 g/mol. The Morgan fingerprint density at radius 2 is 2.05 bits per heavy atom. The number of carbonyl (C=O) groups is 2. The highest BCUT2D eigenvalue weighted by molar-refractivity contribution is 5.77. The van der Waals surface area contributed by atoms with E-state index in [1.165, 1.54) is 0 Å². The zero-order chi connectivity index (χ0) is 15.2. The summed E-state index contributed by atoms with van der Waals surface area (Å²) < 4.78 is 0. The molecule has 1 aromatic rings. The number of pyridine rings is 1. The zero-order valence-electron chi connectivity index (χ0n) is 12.1. The molecule has 0 aliphatic rings. The number of rotatable bonds is 6. The average molecular weight is 279 g/mol. The van der Waals surface area contributed by atoms with Crippen LogP contribution in [0.2, 0.25) is 0 Å². The summed E-state index contributed by atoms with van der Waals surface area (Å²) in [7, 11) is 0. The van der Waals surface area contributed by atoms with Crippen molar-refractivity contribution in [3.63, 3.8) is 0 Å². The van der Waals surface area contributed by atoms with Crippen LogP contribution in [-0.4, -0.2) is 28.6 Å². The van der Waals surface area contributed by atoms with Gasteiger partial charge in [-0.3, -0.25) is 9.78 Å². The Morgan fingerprint density at radius 1 is 1.35 bits per heavy atom. The van der Waals surface area contributed by atoms with E-state index in [-0.39, 0.29) is 12.6 Å². The number of hydrogen-bond acceptors (Lipinski definition) is 3. The topological polar surface area (TPSA) is 91.3 Å². The minimum Gasteiger partial charge on any atom is -0.481 e. The lowest BCUT2D eigenvalue weighted by atomic mass is 9.88. The van der Waals surface area contributed by atoms with E-state index in [1.807, 2.05) is 19.1 Å². The van der Waals surface area contributed by atoms with E-state index in [0.717, 1.165) is 11.3 Å². The molecule has 1 heterocycles. The van der Waals surface area contributed by atoms with E-state index in [1.54, 1.807) is 20.0 Å². The third-order valence-electron chi connectivity index (χ3n) is 3.36. The normalized spacial score (nSPS) is 13.3. The van der Waals surface area contributed by atoms with Crippen LogP contribution >= 0.6 is 0 Å². The highest BCUT2D eigenvalue weighted by Crippen LogP contribution is 2.19. The number of carboxylic acids is 1. The molecule has 3 N–H and O–H groups in total. The van der Waals surface area contributed by atoms with Crippen molar-refractivity contribution in [3.8, 4) is 0 Å². The molecule has 0 radical (unpaired) electrons. The second kappa shape index (κ2) is 6.88. The second-order valence-electron chi connectivity index (χ2n) is 5.06. The number of amides is 2. The molecule has 0 aliphatic carbocycles. The summed E-state index contributed by atoms with van der Waals surface area (Å²) in [6.45, 7) is 5.73. The molecule has 0 saturated carbocycles. The standard InChI is InChI=1S/C14H21N3O3/c1-4-14(3,12(18)19)9-17-13(20)16-8-11-6-5-10(2)15-7-11/h5-7H,4,8-9H2,1-3H3,(H,18,19)(H2,16,17,20). The van der Waals surface area contributed by atoms with Crippen LogP contribution in [0.15, 0.2) is 18.3 Å². The van der Waals surface area contributed by atoms with Crippen molar-refractivity contribution in [1.29, 1.82) is 0 Å². The van der Waals surface area contributed by atoms with Crippen molar-refractivity contribution < 1.29 is 14.7 Å². The molecule has 1 unspecified atom stereocenters. The van der Waals surface area contributed by atoms with Gasteiger partial charge in [0.15, 0.2) is 0 Å². The number of aromatic nitrogens is 1. The predicted molar refractivity (Wildman–Crippen MR) is 75.2 cm³/mol. The molecule has 0 aliphatic heterocycles. The smallest absolute Gasteiger partial charge is 0.315 e. The van der Waals surface area contributed by atoms with Gasteiger partial charge in [0.05, 0.1) is 5.41 Å². The molecule has 1 aromatic heterocycles. The third kappa shape index (κ3) is 4.53. The van der Waals surface area contributed by atoms with E-state index >= 15 is 0 Å². The first-order valence-corrected chi connectivity index (χ1v) is 6.54. The monoisotopic (exact) mass is 279 g/mol. The first kappa shape index (κ1) is 15.9. The number of hydrogen-bond donors (Lipinski definition) is 3. The maximum atomic E-state index is 11.6. The van der Waals surface area contributed by atoms with Crippen LogP contribution < -0.4 is 10.6 Å². The molecule has 2 amide bonds. The molecule has 1 rings (SSSR count). The van der Waals surface area contributed by atoms with E-state index in [0.29, 0.717) is 13.0 Å². The Hall–Kier alpha value is -2.11. The minimum absolute atomic E-state index is 0.0941. The van der Waals surface area contributed by atoms with Gasteiger partial charge in [-0.05, 0) is 31.9 Å². The van der Waals surface area contributed by atoms with Gasteiger partial charge in [-0.25, -0.2) is 4.79 Å². The number of nitrogens with zero attached hydrogens (tertiary/aromatic N) is 1. The lowest BCUT2D eigenvalue weighted by Gasteiger charge is -2.23. The summed E-state index contributed by atoms with van der Waals surface area (Å²) >= 11 is 0. The third-order valence-corrected chi connectivity index (χ3v) is 3.36. The summed E-state index contributed by atoms with van der Waals surface area (Å²) in [6, 6.07) is 3.37. The number of aliphatic carboxylic acids is 1. The fraction of sp³-hybridized carbons (Fsp3) is 0.500. The molecule has 0 bridgehead atoms. The number of urea groups is 1. The summed E-state index contributed by atoms with van der Waals surface area (Å²) in [5, 5.41) is 14.4. The lowest BCUT2D eigenvalue weighted by molar-refractivity contribution is -0.147. The molecule has 6 nitrogen and oxygen atoms in total. The van der Waals surface area contributed by atoms with Crippen molar-refractivity contribution in [2.45, 2.75) is 33.7 Å². The van der Waals surface area contributed by atoms with Gasteiger partial charge in [0.1, 0.15) is 0 Å². The van der Waals surface area contributed by atoms with Gasteiger partial charge in [-0.15, -0.1) is 0 Å². The molecule has 0 spiro atoms. The highest BCUT2D eigenvalue weighted by Gasteiger charge is 2.31. The minimum atomic E-state index is -0.942. The first-order chi connectivity index (χ1) is 9.37. The van der Waals surface area contributed by atoms with Crippen molar-refractivity contribution in [1.82, 2.24) is 15.6 Å². The molecule has 20 heavy (non-hydrogen) atoms. The maximum absolute atomic E-state index is 11.6. The quantitative estimate of drug-likeness (QED) is 0.739. The molecule has 0 fully saturated rings. The molecule has 1 atom stereocenters. The lowest BCUT2D eigenvalue weighted by Crippen LogP contribution is -2.44. The van der Waals surface area contributed by atoms with Gasteiger partial charge in [-0.2, -0.15) is 0 Å². The van der Waals surface area contributed by atoms with Crippen molar-refractivity contribution in [2.24, 2.45) is 5.41 Å². The molecule has 0 saturated heterocycles. The predicted octanol–water partition coefficient (Wildman–Crippen LogP) is 1.69. The Labute approximate surface area is 118 Å². The Kier molecular flexibility index (Phi) is 5.49. The van der Waals surface area contributed by atoms with Crippen molar-refractivity contribution >= 4 is 12.0 Å². The Balaban J connectivity index is 2.41. The van der Waals surface area contributed by atoms with E-state index in [2.05, 4.69) is 15.6 Å². The molecule has 110 valence electrons. The Bertz CT molecular complexity index is 473. The fourth-order valence-electron chi connectivity index (χ4n) is 1.48. The number of carbonyl (C=O) groups excluding carboxylic acids is 1. The fourth-order valence-corrected chi connectivity index (χ4v) is 1.48. The summed E-state index contributed by atoms with van der Waals surface area (Å²) in [4.78, 5) is 26.9. The van der Waals surface area contributed by atoms with Gasteiger partial charge in [0.25, 0.3) is 0 Å². The second-order valence-corrected chi connectivity index (χ2v) is 5.06. The van der Waals surface area contributed by atoms with Crippen LogP contribution in [0.1, 0.15) is 31.5 Å². The van der Waals surface area contributed by atoms with Crippen LogP contribution in [0.5, 0.6) is 0 Å². The SMILES string of the molecule is CCC(C)(CNC(=O)NCc1ccc(C)nc1)C(=O)O. The van der Waals surface area contributed by atoms with E-state index < -0.39 is 11.4 Å². The summed E-state index contributed by atoms with van der Waals surface area (Å²) in [5.74, 6) is -0.914. The van der Waals surface area contributed by atoms with E-state index in [9.17, 15) is 9.59 Å². The Morgan fingerprint density at radius 3 is 2.55 bits per heavy atom. The van der Waals surface area contributed by atoms with E-state index in [4.69, 9.17) is 5.11 Å². The number of nitrogens with one attached hydrogen (secondary N) is 2. The zero-order valence-corrected chi connectivity index (χ0v) is 12.1. The van der Waals surface area contributed by atoms with Crippen LogP contribution in [0.4, 0.5) is 4.79 Å². The summed E-state index contributed by atoms with van der Waals surface area (Å²) in [6.07, 6.45) is 2.15. The van der Waals surface area contributed by atoms with Crippen LogP contribution in [0.25, 0.3) is 0 Å². The van der Waals surface area contributed by atoms with Gasteiger partial charge in [0, 0.05) is 25.0 Å². The maximum Gasteiger partial charge on any atom is 0.315 e. The average Bonchev–Trinajstić information content (AvgIpc) is 2.43. The van der Waals surface area contributed by atoms with Crippen LogP contribution in [0, 0.1) is 12.3 Å².